The van der Waals surface area contributed by atoms with E-state index >= 15 is 0 Å². The standard InChI is InChI=1S/C10H18INO2/c1-3-4-5-6-9(8(2)11)7-14-10(12)13/h5-6,8-9H,3-4,7H2,1-2H3,(H2,12,13). The Labute approximate surface area is 99.2 Å². The van der Waals surface area contributed by atoms with E-state index < -0.39 is 6.09 Å². The lowest BCUT2D eigenvalue weighted by Gasteiger charge is -2.14. The summed E-state index contributed by atoms with van der Waals surface area (Å²) in [6.07, 6.45) is 5.73. The van der Waals surface area contributed by atoms with Crippen LogP contribution < -0.4 is 5.73 Å². The lowest BCUT2D eigenvalue weighted by molar-refractivity contribution is 0.145. The normalized spacial score (nSPS) is 15.4. The van der Waals surface area contributed by atoms with Gasteiger partial charge in [0.05, 0.1) is 0 Å². The number of nitrogens with two attached hydrogens (primary N) is 1. The predicted molar refractivity (Wildman–Crippen MR) is 66.6 cm³/mol. The van der Waals surface area contributed by atoms with Gasteiger partial charge < -0.3 is 10.5 Å². The number of halogens is 1. The van der Waals surface area contributed by atoms with Gasteiger partial charge in [0.2, 0.25) is 0 Å². The molecule has 0 aromatic carbocycles. The van der Waals surface area contributed by atoms with E-state index in [0.717, 1.165) is 12.8 Å². The minimum atomic E-state index is -0.698. The fraction of sp³-hybridized carbons (Fsp3) is 0.700. The van der Waals surface area contributed by atoms with Crippen molar-refractivity contribution in [3.63, 3.8) is 0 Å². The van der Waals surface area contributed by atoms with E-state index in [4.69, 9.17) is 10.5 Å². The molecule has 0 heterocycles. The summed E-state index contributed by atoms with van der Waals surface area (Å²) in [7, 11) is 0. The maximum absolute atomic E-state index is 10.4. The summed E-state index contributed by atoms with van der Waals surface area (Å²) in [6, 6.07) is 0. The molecule has 0 radical (unpaired) electrons. The molecule has 0 aromatic rings. The SMILES string of the molecule is CCCC=CC(COC(N)=O)C(C)I. The van der Waals surface area contributed by atoms with Gasteiger partial charge in [-0.3, -0.25) is 0 Å². The van der Waals surface area contributed by atoms with E-state index in [2.05, 4.69) is 48.6 Å². The summed E-state index contributed by atoms with van der Waals surface area (Å²) in [5.74, 6) is 0.259. The van der Waals surface area contributed by atoms with Gasteiger partial charge in [-0.2, -0.15) is 0 Å². The molecule has 4 heteroatoms. The van der Waals surface area contributed by atoms with Gasteiger partial charge in [-0.15, -0.1) is 0 Å². The Morgan fingerprint density at radius 3 is 2.71 bits per heavy atom. The number of unbranched alkanes of at least 4 members (excludes halogenated alkanes) is 1. The Kier molecular flexibility index (Phi) is 7.93. The second kappa shape index (κ2) is 8.08. The zero-order valence-corrected chi connectivity index (χ0v) is 10.9. The van der Waals surface area contributed by atoms with Crippen LogP contribution in [0, 0.1) is 5.92 Å². The van der Waals surface area contributed by atoms with Crippen LogP contribution in [0.3, 0.4) is 0 Å². The molecular formula is C10H18INO2. The van der Waals surface area contributed by atoms with Gasteiger partial charge in [-0.1, -0.05) is 55.0 Å². The van der Waals surface area contributed by atoms with Crippen LogP contribution in [-0.4, -0.2) is 16.6 Å². The molecule has 0 saturated heterocycles. The average Bonchev–Trinajstić information content (AvgIpc) is 2.10. The molecule has 2 N–H and O–H groups in total. The van der Waals surface area contributed by atoms with Crippen LogP contribution in [0.25, 0.3) is 0 Å². The lowest BCUT2D eigenvalue weighted by Crippen LogP contribution is -2.21. The maximum atomic E-state index is 10.4. The minimum Gasteiger partial charge on any atom is -0.449 e. The number of ether oxygens (including phenoxy) is 1. The van der Waals surface area contributed by atoms with Crippen molar-refractivity contribution in [2.24, 2.45) is 11.7 Å². The summed E-state index contributed by atoms with van der Waals surface area (Å²) in [5.41, 5.74) is 4.91. The molecule has 2 unspecified atom stereocenters. The molecule has 0 aliphatic rings. The van der Waals surface area contributed by atoms with Crippen molar-refractivity contribution in [1.82, 2.24) is 0 Å². The van der Waals surface area contributed by atoms with Crippen LogP contribution >= 0.6 is 22.6 Å². The smallest absolute Gasteiger partial charge is 0.404 e. The van der Waals surface area contributed by atoms with Crippen molar-refractivity contribution in [3.8, 4) is 0 Å². The number of amides is 1. The molecular weight excluding hydrogens is 293 g/mol. The molecule has 0 aromatic heterocycles. The Hall–Kier alpha value is -0.260. The number of carbonyl (C=O) groups excluding carboxylic acids is 1. The largest absolute Gasteiger partial charge is 0.449 e. The molecule has 0 rings (SSSR count). The van der Waals surface area contributed by atoms with Gasteiger partial charge >= 0.3 is 6.09 Å². The fourth-order valence-electron chi connectivity index (χ4n) is 0.957. The van der Waals surface area contributed by atoms with Crippen LogP contribution in [-0.2, 0) is 4.74 Å². The molecule has 0 aliphatic carbocycles. The predicted octanol–water partition coefficient (Wildman–Crippen LogP) is 2.88. The van der Waals surface area contributed by atoms with Gasteiger partial charge in [0.1, 0.15) is 6.61 Å². The van der Waals surface area contributed by atoms with Crippen LogP contribution in [0.2, 0.25) is 0 Å². The topological polar surface area (TPSA) is 52.3 Å². The molecule has 82 valence electrons. The number of hydrogen-bond donors (Lipinski definition) is 1. The van der Waals surface area contributed by atoms with Gasteiger partial charge in [0.15, 0.2) is 0 Å². The first-order valence-corrected chi connectivity index (χ1v) is 6.05. The number of hydrogen-bond acceptors (Lipinski definition) is 2. The van der Waals surface area contributed by atoms with Crippen molar-refractivity contribution in [2.45, 2.75) is 30.6 Å². The molecule has 0 bridgehead atoms. The monoisotopic (exact) mass is 311 g/mol. The highest BCUT2D eigenvalue weighted by Crippen LogP contribution is 2.15. The zero-order chi connectivity index (χ0) is 11.0. The number of rotatable bonds is 6. The Bertz CT molecular complexity index is 193. The third kappa shape index (κ3) is 7.17. The summed E-state index contributed by atoms with van der Waals surface area (Å²) < 4.78 is 5.21. The first-order chi connectivity index (χ1) is 6.57. The quantitative estimate of drug-likeness (QED) is 0.466. The fourth-order valence-corrected chi connectivity index (χ4v) is 1.40. The van der Waals surface area contributed by atoms with E-state index in [-0.39, 0.29) is 5.92 Å². The number of allylic oxidation sites excluding steroid dienone is 1. The van der Waals surface area contributed by atoms with Crippen molar-refractivity contribution in [2.75, 3.05) is 6.61 Å². The van der Waals surface area contributed by atoms with Crippen molar-refractivity contribution in [3.05, 3.63) is 12.2 Å². The zero-order valence-electron chi connectivity index (χ0n) is 8.70. The summed E-state index contributed by atoms with van der Waals surface area (Å²) in [5, 5.41) is 0. The average molecular weight is 311 g/mol. The summed E-state index contributed by atoms with van der Waals surface area (Å²) in [4.78, 5) is 10.4. The highest BCUT2D eigenvalue weighted by atomic mass is 127. The molecule has 3 nitrogen and oxygen atoms in total. The molecule has 1 amide bonds. The van der Waals surface area contributed by atoms with Gasteiger partial charge in [0.25, 0.3) is 0 Å². The van der Waals surface area contributed by atoms with Crippen LogP contribution in [0.1, 0.15) is 26.7 Å². The van der Waals surface area contributed by atoms with Gasteiger partial charge in [-0.25, -0.2) is 4.79 Å². The minimum absolute atomic E-state index is 0.259. The van der Waals surface area contributed by atoms with E-state index in [9.17, 15) is 4.79 Å². The molecule has 0 saturated carbocycles. The first-order valence-electron chi connectivity index (χ1n) is 4.80. The van der Waals surface area contributed by atoms with Crippen LogP contribution in [0.15, 0.2) is 12.2 Å². The molecule has 2 atom stereocenters. The van der Waals surface area contributed by atoms with Crippen LogP contribution in [0.4, 0.5) is 4.79 Å². The highest BCUT2D eigenvalue weighted by Gasteiger charge is 2.12. The van der Waals surface area contributed by atoms with E-state index in [1.165, 1.54) is 0 Å². The number of primary amides is 1. The highest BCUT2D eigenvalue weighted by molar-refractivity contribution is 14.1. The molecule has 0 fully saturated rings. The Morgan fingerprint density at radius 1 is 1.64 bits per heavy atom. The second-order valence-corrected chi connectivity index (χ2v) is 5.15. The Balaban J connectivity index is 3.95. The third-order valence-electron chi connectivity index (χ3n) is 1.85. The third-order valence-corrected chi connectivity index (χ3v) is 2.77. The first kappa shape index (κ1) is 13.7. The van der Waals surface area contributed by atoms with E-state index in [1.54, 1.807) is 0 Å². The van der Waals surface area contributed by atoms with Crippen molar-refractivity contribution < 1.29 is 9.53 Å². The van der Waals surface area contributed by atoms with Crippen molar-refractivity contribution in [1.29, 1.82) is 0 Å². The maximum Gasteiger partial charge on any atom is 0.404 e. The van der Waals surface area contributed by atoms with E-state index in [0.29, 0.717) is 10.5 Å². The summed E-state index contributed by atoms with van der Waals surface area (Å²) in [6.45, 7) is 4.60. The lowest BCUT2D eigenvalue weighted by atomic mass is 10.1. The van der Waals surface area contributed by atoms with Gasteiger partial charge in [-0.05, 0) is 6.42 Å². The molecule has 0 spiro atoms. The Morgan fingerprint density at radius 2 is 2.29 bits per heavy atom. The summed E-state index contributed by atoms with van der Waals surface area (Å²) >= 11 is 2.32. The van der Waals surface area contributed by atoms with Gasteiger partial charge in [0, 0.05) is 9.84 Å². The van der Waals surface area contributed by atoms with E-state index in [1.807, 2.05) is 0 Å². The van der Waals surface area contributed by atoms with Crippen molar-refractivity contribution >= 4 is 28.7 Å². The molecule has 14 heavy (non-hydrogen) atoms. The number of carbonyl (C=O) groups is 1. The molecule has 0 aliphatic heterocycles. The number of alkyl halides is 1. The van der Waals surface area contributed by atoms with Crippen LogP contribution in [0.5, 0.6) is 0 Å². The second-order valence-electron chi connectivity index (χ2n) is 3.19.